The number of pyridine rings is 2. The lowest BCUT2D eigenvalue weighted by Gasteiger charge is -2.32. The number of hydrogen-bond donors (Lipinski definition) is 1. The third kappa shape index (κ3) is 4.05. The summed E-state index contributed by atoms with van der Waals surface area (Å²) in [6.45, 7) is 7.39. The van der Waals surface area contributed by atoms with Crippen molar-refractivity contribution >= 4 is 16.8 Å². The summed E-state index contributed by atoms with van der Waals surface area (Å²) in [5, 5.41) is 0.785. The molecule has 1 aliphatic rings. The second-order valence-corrected chi connectivity index (χ2v) is 8.18. The summed E-state index contributed by atoms with van der Waals surface area (Å²) < 4.78 is 7.30. The zero-order valence-electron chi connectivity index (χ0n) is 19.0. The van der Waals surface area contributed by atoms with E-state index >= 15 is 0 Å². The lowest BCUT2D eigenvalue weighted by molar-refractivity contribution is 0.0663. The average molecular weight is 436 g/mol. The number of aryl methyl sites for hydroxylation is 1. The van der Waals surface area contributed by atoms with Crippen LogP contribution in [-0.2, 0) is 6.54 Å². The maximum absolute atomic E-state index is 13.0. The Labute approximate surface area is 187 Å². The quantitative estimate of drug-likeness (QED) is 0.623. The van der Waals surface area contributed by atoms with Crippen molar-refractivity contribution in [2.45, 2.75) is 20.4 Å². The number of methoxy groups -OCH3 is 1. The summed E-state index contributed by atoms with van der Waals surface area (Å²) >= 11 is 0. The van der Waals surface area contributed by atoms with Gasteiger partial charge in [0.05, 0.1) is 12.7 Å². The van der Waals surface area contributed by atoms with Gasteiger partial charge in [-0.05, 0) is 33.0 Å². The van der Waals surface area contributed by atoms with Gasteiger partial charge in [0.2, 0.25) is 0 Å². The fourth-order valence-electron chi connectivity index (χ4n) is 4.05. The first-order valence-corrected chi connectivity index (χ1v) is 10.8. The van der Waals surface area contributed by atoms with Crippen LogP contribution in [0, 0.1) is 6.92 Å². The topological polar surface area (TPSA) is 83.5 Å². The van der Waals surface area contributed by atoms with Crippen LogP contribution < -0.4 is 10.3 Å². The number of allylic oxidation sites excluding steroid dienone is 2. The molecule has 8 nitrogen and oxygen atoms in total. The van der Waals surface area contributed by atoms with Crippen molar-refractivity contribution in [2.75, 3.05) is 40.3 Å². The predicted molar refractivity (Wildman–Crippen MR) is 125 cm³/mol. The van der Waals surface area contributed by atoms with Gasteiger partial charge in [0.25, 0.3) is 11.5 Å². The van der Waals surface area contributed by atoms with Crippen LogP contribution in [0.5, 0.6) is 5.75 Å². The number of fused-ring (bicyclic) bond motifs is 1. The number of ether oxygens (including phenoxy) is 1. The molecule has 168 valence electrons. The molecule has 0 radical (unpaired) electrons. The van der Waals surface area contributed by atoms with Gasteiger partial charge in [-0.15, -0.1) is 0 Å². The molecule has 0 spiro atoms. The highest BCUT2D eigenvalue weighted by atomic mass is 16.5. The molecule has 1 fully saturated rings. The minimum absolute atomic E-state index is 0.0452. The third-order valence-corrected chi connectivity index (χ3v) is 5.91. The van der Waals surface area contributed by atoms with E-state index < -0.39 is 0 Å². The summed E-state index contributed by atoms with van der Waals surface area (Å²) in [6.07, 6.45) is 7.25. The van der Waals surface area contributed by atoms with Crippen LogP contribution in [0.25, 0.3) is 22.2 Å². The largest absolute Gasteiger partial charge is 0.494 e. The molecule has 4 heterocycles. The van der Waals surface area contributed by atoms with E-state index in [1.54, 1.807) is 23.9 Å². The number of aromatic nitrogens is 3. The summed E-state index contributed by atoms with van der Waals surface area (Å²) in [6, 6.07) is 3.69. The molecule has 3 aromatic rings. The number of likely N-dealkylation sites (N-methyl/N-ethyl adjacent to an activating group) is 1. The minimum Gasteiger partial charge on any atom is -0.494 e. The van der Waals surface area contributed by atoms with Crippen LogP contribution >= 0.6 is 0 Å². The highest BCUT2D eigenvalue weighted by molar-refractivity contribution is 5.98. The number of H-pyrrole nitrogens is 1. The predicted octanol–water partition coefficient (Wildman–Crippen LogP) is 2.67. The van der Waals surface area contributed by atoms with E-state index in [9.17, 15) is 9.59 Å². The lowest BCUT2D eigenvalue weighted by Crippen LogP contribution is -2.47. The monoisotopic (exact) mass is 435 g/mol. The van der Waals surface area contributed by atoms with Gasteiger partial charge < -0.3 is 24.1 Å². The van der Waals surface area contributed by atoms with Gasteiger partial charge in [0.15, 0.2) is 0 Å². The van der Waals surface area contributed by atoms with Crippen molar-refractivity contribution in [2.24, 2.45) is 0 Å². The Bertz CT molecular complexity index is 1230. The Morgan fingerprint density at radius 1 is 1.25 bits per heavy atom. The minimum atomic E-state index is -0.0872. The van der Waals surface area contributed by atoms with Gasteiger partial charge in [-0.25, -0.2) is 0 Å². The Kier molecular flexibility index (Phi) is 6.14. The number of rotatable bonds is 5. The summed E-state index contributed by atoms with van der Waals surface area (Å²) in [4.78, 5) is 37.8. The van der Waals surface area contributed by atoms with Gasteiger partial charge in [-0.3, -0.25) is 14.6 Å². The molecule has 0 aliphatic carbocycles. The molecule has 1 saturated heterocycles. The van der Waals surface area contributed by atoms with Crippen LogP contribution in [0.3, 0.4) is 0 Å². The van der Waals surface area contributed by atoms with Crippen LogP contribution in [0.15, 0.2) is 41.5 Å². The van der Waals surface area contributed by atoms with Gasteiger partial charge in [-0.2, -0.15) is 0 Å². The summed E-state index contributed by atoms with van der Waals surface area (Å²) in [7, 11) is 3.63. The van der Waals surface area contributed by atoms with Crippen LogP contribution in [0.4, 0.5) is 0 Å². The SMILES string of the molecule is CC=CCn1cc(-c2ncc(C(=O)N3CCN(C)CC3)cc2OC)c2cc(C)[nH]c2c1=O. The molecule has 0 bridgehead atoms. The first-order chi connectivity index (χ1) is 15.4. The second-order valence-electron chi connectivity index (χ2n) is 8.18. The van der Waals surface area contributed by atoms with Crippen molar-refractivity contribution < 1.29 is 9.53 Å². The molecule has 1 N–H and O–H groups in total. The number of piperazine rings is 1. The molecule has 8 heteroatoms. The molecule has 1 amide bonds. The van der Waals surface area contributed by atoms with E-state index in [1.165, 1.54) is 0 Å². The van der Waals surface area contributed by atoms with Crippen molar-refractivity contribution in [1.82, 2.24) is 24.3 Å². The average Bonchev–Trinajstić information content (AvgIpc) is 3.20. The van der Waals surface area contributed by atoms with E-state index in [-0.39, 0.29) is 11.5 Å². The maximum atomic E-state index is 13.0. The molecule has 4 rings (SSSR count). The van der Waals surface area contributed by atoms with E-state index in [0.717, 1.165) is 29.7 Å². The highest BCUT2D eigenvalue weighted by Crippen LogP contribution is 2.33. The molecule has 32 heavy (non-hydrogen) atoms. The molecule has 3 aromatic heterocycles. The van der Waals surface area contributed by atoms with Gasteiger partial charge in [0.1, 0.15) is 17.0 Å². The maximum Gasteiger partial charge on any atom is 0.275 e. The normalized spacial score (nSPS) is 15.1. The number of hydrogen-bond acceptors (Lipinski definition) is 5. The number of aromatic amines is 1. The zero-order valence-corrected chi connectivity index (χ0v) is 19.0. The first kappa shape index (κ1) is 21.8. The zero-order chi connectivity index (χ0) is 22.8. The lowest BCUT2D eigenvalue weighted by atomic mass is 10.1. The number of carbonyl (C=O) groups is 1. The van der Waals surface area contributed by atoms with E-state index in [1.807, 2.05) is 43.2 Å². The Balaban J connectivity index is 1.79. The fraction of sp³-hybridized carbons (Fsp3) is 0.375. The first-order valence-electron chi connectivity index (χ1n) is 10.8. The van der Waals surface area contributed by atoms with E-state index in [2.05, 4.69) is 21.9 Å². The van der Waals surface area contributed by atoms with Crippen LogP contribution in [-0.4, -0.2) is 70.6 Å². The molecule has 1 aliphatic heterocycles. The molecule has 0 atom stereocenters. The Hall–Kier alpha value is -3.39. The standard InChI is InChI=1S/C24H29N5O3/c1-5-6-7-29-15-19(18-12-16(2)26-22(18)24(29)31)21-20(32-4)13-17(14-25-21)23(30)28-10-8-27(3)9-11-28/h5-6,12-15,26H,7-11H2,1-4H3. The number of nitrogens with zero attached hydrogens (tertiary/aromatic N) is 4. The molecule has 0 saturated carbocycles. The molecular formula is C24H29N5O3. The van der Waals surface area contributed by atoms with Crippen molar-refractivity contribution in [3.8, 4) is 17.0 Å². The van der Waals surface area contributed by atoms with Gasteiger partial charge in [0, 0.05) is 61.8 Å². The van der Waals surface area contributed by atoms with E-state index in [0.29, 0.717) is 42.2 Å². The molecule has 0 aromatic carbocycles. The molecular weight excluding hydrogens is 406 g/mol. The number of nitrogens with one attached hydrogen (secondary N) is 1. The number of amides is 1. The second kappa shape index (κ2) is 9.00. The summed E-state index contributed by atoms with van der Waals surface area (Å²) in [5.41, 5.74) is 3.22. The van der Waals surface area contributed by atoms with Gasteiger partial charge in [-0.1, -0.05) is 12.2 Å². The Morgan fingerprint density at radius 2 is 2.00 bits per heavy atom. The number of carbonyl (C=O) groups excluding carboxylic acids is 1. The van der Waals surface area contributed by atoms with Crippen LogP contribution in [0.2, 0.25) is 0 Å². The third-order valence-electron chi connectivity index (χ3n) is 5.91. The Morgan fingerprint density at radius 3 is 2.69 bits per heavy atom. The molecule has 0 unspecified atom stereocenters. The van der Waals surface area contributed by atoms with Crippen molar-refractivity contribution in [3.05, 3.63) is 58.3 Å². The van der Waals surface area contributed by atoms with E-state index in [4.69, 9.17) is 4.74 Å². The fourth-order valence-corrected chi connectivity index (χ4v) is 4.05. The summed E-state index contributed by atoms with van der Waals surface area (Å²) in [5.74, 6) is 0.456. The smallest absolute Gasteiger partial charge is 0.275 e. The highest BCUT2D eigenvalue weighted by Gasteiger charge is 2.23. The van der Waals surface area contributed by atoms with Crippen LogP contribution in [0.1, 0.15) is 23.0 Å². The van der Waals surface area contributed by atoms with Gasteiger partial charge >= 0.3 is 0 Å². The van der Waals surface area contributed by atoms with Crippen molar-refractivity contribution in [1.29, 1.82) is 0 Å². The van der Waals surface area contributed by atoms with Crippen molar-refractivity contribution in [3.63, 3.8) is 0 Å².